The molecule has 114 valence electrons. The van der Waals surface area contributed by atoms with Crippen LogP contribution in [0.3, 0.4) is 0 Å². The third kappa shape index (κ3) is 3.46. The number of nitrogens with one attached hydrogen (secondary N) is 2. The van der Waals surface area contributed by atoms with E-state index in [0.29, 0.717) is 5.75 Å². The number of rotatable bonds is 6. The predicted molar refractivity (Wildman–Crippen MR) is 93.3 cm³/mol. The van der Waals surface area contributed by atoms with E-state index in [2.05, 4.69) is 46.7 Å². The first kappa shape index (κ1) is 15.0. The van der Waals surface area contributed by atoms with Gasteiger partial charge in [-0.15, -0.1) is 0 Å². The zero-order valence-corrected chi connectivity index (χ0v) is 13.4. The monoisotopic (exact) mass is 312 g/mol. The van der Waals surface area contributed by atoms with Crippen LogP contribution in [0, 0.1) is 0 Å². The lowest BCUT2D eigenvalue weighted by Crippen LogP contribution is -2.25. The summed E-state index contributed by atoms with van der Waals surface area (Å²) in [5.41, 5.74) is 3.58. The minimum absolute atomic E-state index is 0.0984. The second kappa shape index (κ2) is 6.90. The molecule has 3 aromatic rings. The van der Waals surface area contributed by atoms with Crippen LogP contribution >= 0.6 is 0 Å². The van der Waals surface area contributed by atoms with Crippen LogP contribution in [0.15, 0.2) is 60.8 Å². The fourth-order valence-electron chi connectivity index (χ4n) is 2.73. The molecule has 3 rings (SSSR count). The first-order chi connectivity index (χ1) is 10.7. The van der Waals surface area contributed by atoms with Crippen molar-refractivity contribution < 1.29 is 4.21 Å². The van der Waals surface area contributed by atoms with E-state index in [-0.39, 0.29) is 6.04 Å². The Kier molecular flexibility index (Phi) is 4.71. The van der Waals surface area contributed by atoms with Crippen molar-refractivity contribution in [3.05, 3.63) is 71.9 Å². The van der Waals surface area contributed by atoms with Gasteiger partial charge in [0, 0.05) is 52.5 Å². The lowest BCUT2D eigenvalue weighted by molar-refractivity contribution is 0.576. The van der Waals surface area contributed by atoms with Gasteiger partial charge in [-0.2, -0.15) is 0 Å². The molecule has 2 atom stereocenters. The highest BCUT2D eigenvalue weighted by Crippen LogP contribution is 2.19. The average Bonchev–Trinajstić information content (AvgIpc) is 3.01. The van der Waals surface area contributed by atoms with Gasteiger partial charge in [0.05, 0.1) is 0 Å². The van der Waals surface area contributed by atoms with E-state index >= 15 is 0 Å². The van der Waals surface area contributed by atoms with Crippen molar-refractivity contribution >= 4 is 21.7 Å². The molecule has 0 aliphatic carbocycles. The molecule has 1 heterocycles. The van der Waals surface area contributed by atoms with Crippen molar-refractivity contribution in [1.29, 1.82) is 0 Å². The van der Waals surface area contributed by atoms with Gasteiger partial charge in [-0.1, -0.05) is 42.5 Å². The van der Waals surface area contributed by atoms with Crippen LogP contribution in [-0.4, -0.2) is 21.2 Å². The molecule has 0 aliphatic rings. The van der Waals surface area contributed by atoms with E-state index in [0.717, 1.165) is 12.1 Å². The Balaban J connectivity index is 1.79. The van der Waals surface area contributed by atoms with Gasteiger partial charge in [-0.05, 0) is 23.3 Å². The molecule has 0 radical (unpaired) electrons. The number of aromatic nitrogens is 1. The van der Waals surface area contributed by atoms with Crippen LogP contribution in [0.5, 0.6) is 0 Å². The minimum atomic E-state index is -0.842. The van der Waals surface area contributed by atoms with Crippen molar-refractivity contribution in [2.75, 3.05) is 12.0 Å². The second-order valence-corrected chi connectivity index (χ2v) is 6.92. The van der Waals surface area contributed by atoms with Crippen molar-refractivity contribution in [2.24, 2.45) is 0 Å². The molecule has 0 unspecified atom stereocenters. The average molecular weight is 312 g/mol. The summed E-state index contributed by atoms with van der Waals surface area (Å²) in [6.07, 6.45) is 3.72. The van der Waals surface area contributed by atoms with E-state index in [1.807, 2.05) is 24.4 Å². The summed E-state index contributed by atoms with van der Waals surface area (Å²) in [6, 6.07) is 18.7. The summed E-state index contributed by atoms with van der Waals surface area (Å²) in [7, 11) is -0.842. The van der Waals surface area contributed by atoms with Crippen LogP contribution in [0.1, 0.15) is 17.2 Å². The van der Waals surface area contributed by atoms with Crippen molar-refractivity contribution in [2.45, 2.75) is 12.6 Å². The van der Waals surface area contributed by atoms with Gasteiger partial charge in [-0.3, -0.25) is 4.21 Å². The Labute approximate surface area is 133 Å². The van der Waals surface area contributed by atoms with Crippen LogP contribution in [0.25, 0.3) is 10.9 Å². The highest BCUT2D eigenvalue weighted by Gasteiger charge is 2.13. The summed E-state index contributed by atoms with van der Waals surface area (Å²) in [5, 5.41) is 4.79. The van der Waals surface area contributed by atoms with Gasteiger partial charge in [-0.25, -0.2) is 0 Å². The highest BCUT2D eigenvalue weighted by molar-refractivity contribution is 7.84. The molecule has 2 aromatic carbocycles. The second-order valence-electron chi connectivity index (χ2n) is 5.44. The zero-order chi connectivity index (χ0) is 15.4. The minimum Gasteiger partial charge on any atom is -0.361 e. The quantitative estimate of drug-likeness (QED) is 0.733. The van der Waals surface area contributed by atoms with Crippen LogP contribution < -0.4 is 5.32 Å². The molecule has 0 spiro atoms. The maximum absolute atomic E-state index is 11.7. The molecule has 0 bridgehead atoms. The Morgan fingerprint density at radius 1 is 1.09 bits per heavy atom. The molecular weight excluding hydrogens is 292 g/mol. The van der Waals surface area contributed by atoms with Crippen LogP contribution in [0.4, 0.5) is 0 Å². The van der Waals surface area contributed by atoms with E-state index in [9.17, 15) is 4.21 Å². The first-order valence-corrected chi connectivity index (χ1v) is 9.10. The molecular formula is C18H20N2OS. The van der Waals surface area contributed by atoms with Gasteiger partial charge < -0.3 is 10.3 Å². The Hall–Kier alpha value is -1.91. The normalized spacial score (nSPS) is 14.0. The summed E-state index contributed by atoms with van der Waals surface area (Å²) in [6.45, 7) is 0.756. The number of fused-ring (bicyclic) bond motifs is 1. The molecule has 4 heteroatoms. The molecule has 0 aliphatic heterocycles. The number of hydrogen-bond donors (Lipinski definition) is 2. The number of hydrogen-bond acceptors (Lipinski definition) is 2. The lowest BCUT2D eigenvalue weighted by atomic mass is 10.1. The molecule has 0 fully saturated rings. The Bertz CT molecular complexity index is 767. The van der Waals surface area contributed by atoms with E-state index in [1.165, 1.54) is 16.5 Å². The van der Waals surface area contributed by atoms with E-state index < -0.39 is 10.8 Å². The van der Waals surface area contributed by atoms with Gasteiger partial charge >= 0.3 is 0 Å². The van der Waals surface area contributed by atoms with E-state index in [1.54, 1.807) is 6.26 Å². The summed E-state index contributed by atoms with van der Waals surface area (Å²) < 4.78 is 11.7. The van der Waals surface area contributed by atoms with Crippen LogP contribution in [-0.2, 0) is 17.3 Å². The molecule has 0 saturated heterocycles. The maximum atomic E-state index is 11.7. The van der Waals surface area contributed by atoms with Gasteiger partial charge in [0.1, 0.15) is 0 Å². The molecule has 0 amide bonds. The topological polar surface area (TPSA) is 44.9 Å². The molecule has 1 aromatic heterocycles. The standard InChI is InChI=1S/C18H20N2OS/c1-22(21)13-18(14-6-3-2-4-7-14)20-12-15-8-5-9-17-16(15)10-11-19-17/h2-11,18-20H,12-13H2,1H3/t18-,22+/m0/s1. The third-order valence-electron chi connectivity index (χ3n) is 3.83. The zero-order valence-electron chi connectivity index (χ0n) is 12.6. The number of aromatic amines is 1. The largest absolute Gasteiger partial charge is 0.361 e. The lowest BCUT2D eigenvalue weighted by Gasteiger charge is -2.18. The fourth-order valence-corrected chi connectivity index (χ4v) is 3.51. The highest BCUT2D eigenvalue weighted by atomic mass is 32.2. The van der Waals surface area contributed by atoms with Gasteiger partial charge in [0.2, 0.25) is 0 Å². The summed E-state index contributed by atoms with van der Waals surface area (Å²) in [4.78, 5) is 3.24. The molecule has 0 saturated carbocycles. The first-order valence-electron chi connectivity index (χ1n) is 7.37. The van der Waals surface area contributed by atoms with Gasteiger partial charge in [0.25, 0.3) is 0 Å². The number of H-pyrrole nitrogens is 1. The Morgan fingerprint density at radius 3 is 2.68 bits per heavy atom. The predicted octanol–water partition coefficient (Wildman–Crippen LogP) is 3.38. The SMILES string of the molecule is C[S@@](=O)C[C@H](NCc1cccc2[nH]ccc12)c1ccccc1. The Morgan fingerprint density at radius 2 is 1.91 bits per heavy atom. The van der Waals surface area contributed by atoms with Crippen LogP contribution in [0.2, 0.25) is 0 Å². The van der Waals surface area contributed by atoms with Gasteiger partial charge in [0.15, 0.2) is 0 Å². The molecule has 22 heavy (non-hydrogen) atoms. The third-order valence-corrected chi connectivity index (χ3v) is 4.63. The summed E-state index contributed by atoms with van der Waals surface area (Å²) in [5.74, 6) is 0.618. The maximum Gasteiger partial charge on any atom is 0.0457 e. The molecule has 3 nitrogen and oxygen atoms in total. The van der Waals surface area contributed by atoms with Crippen molar-refractivity contribution in [1.82, 2.24) is 10.3 Å². The molecule has 2 N–H and O–H groups in total. The smallest absolute Gasteiger partial charge is 0.0457 e. The summed E-state index contributed by atoms with van der Waals surface area (Å²) >= 11 is 0. The van der Waals surface area contributed by atoms with Crippen molar-refractivity contribution in [3.63, 3.8) is 0 Å². The van der Waals surface area contributed by atoms with Crippen molar-refractivity contribution in [3.8, 4) is 0 Å². The fraction of sp³-hybridized carbons (Fsp3) is 0.222. The van der Waals surface area contributed by atoms with E-state index in [4.69, 9.17) is 0 Å². The number of benzene rings is 2.